The highest BCUT2D eigenvalue weighted by atomic mass is 32.2. The third-order valence-corrected chi connectivity index (χ3v) is 8.13. The Balaban J connectivity index is 1.78. The second-order valence-corrected chi connectivity index (χ2v) is 10.9. The lowest BCUT2D eigenvalue weighted by Gasteiger charge is -2.23. The van der Waals surface area contributed by atoms with Gasteiger partial charge in [0.15, 0.2) is 22.1 Å². The number of aromatic nitrogens is 1. The molecule has 0 saturated carbocycles. The first-order chi connectivity index (χ1) is 16.7. The molecule has 35 heavy (non-hydrogen) atoms. The molecule has 2 heterocycles. The van der Waals surface area contributed by atoms with Crippen molar-refractivity contribution in [2.75, 3.05) is 51.8 Å². The number of likely N-dealkylation sites (N-methyl/N-ethyl adjacent to an activating group) is 2. The van der Waals surface area contributed by atoms with E-state index in [2.05, 4.69) is 20.4 Å². The molecule has 1 N–H and O–H groups in total. The largest absolute Gasteiger partial charge is 0.389 e. The van der Waals surface area contributed by atoms with E-state index in [0.29, 0.717) is 49.6 Å². The zero-order chi connectivity index (χ0) is 25.4. The van der Waals surface area contributed by atoms with Crippen LogP contribution >= 0.6 is 11.3 Å². The number of thiazole rings is 1. The molecule has 10 nitrogen and oxygen atoms in total. The number of hydrogen-bond acceptors (Lipinski definition) is 9. The van der Waals surface area contributed by atoms with Gasteiger partial charge in [-0.1, -0.05) is 42.5 Å². The van der Waals surface area contributed by atoms with Gasteiger partial charge in [-0.15, -0.1) is 0 Å². The summed E-state index contributed by atoms with van der Waals surface area (Å²) in [5.41, 5.74) is 0.245. The zero-order valence-corrected chi connectivity index (χ0v) is 21.6. The van der Waals surface area contributed by atoms with Gasteiger partial charge in [-0.05, 0) is 25.2 Å². The Morgan fingerprint density at radius 3 is 2.57 bits per heavy atom. The molecular weight excluding hydrogens is 497 g/mol. The molecule has 1 aromatic carbocycles. The van der Waals surface area contributed by atoms with Crippen molar-refractivity contribution in [2.45, 2.75) is 31.3 Å². The predicted molar refractivity (Wildman–Crippen MR) is 132 cm³/mol. The minimum atomic E-state index is -3.72. The van der Waals surface area contributed by atoms with E-state index >= 15 is 0 Å². The van der Waals surface area contributed by atoms with Crippen LogP contribution in [0.4, 0.5) is 9.52 Å². The van der Waals surface area contributed by atoms with Gasteiger partial charge in [0.2, 0.25) is 10.0 Å². The van der Waals surface area contributed by atoms with E-state index in [9.17, 15) is 17.6 Å². The van der Waals surface area contributed by atoms with Crippen molar-refractivity contribution in [1.82, 2.24) is 14.2 Å². The maximum absolute atomic E-state index is 13.3. The molecule has 13 heteroatoms. The van der Waals surface area contributed by atoms with Crippen molar-refractivity contribution in [1.29, 1.82) is 0 Å². The van der Waals surface area contributed by atoms with Crippen LogP contribution in [-0.4, -0.2) is 86.8 Å². The van der Waals surface area contributed by atoms with Crippen LogP contribution in [0.2, 0.25) is 0 Å². The number of halogens is 1. The summed E-state index contributed by atoms with van der Waals surface area (Å²) in [5.74, 6) is -0.662. The first-order valence-electron chi connectivity index (χ1n) is 11.3. The number of carbonyl (C=O) groups excluding carboxylic acids is 1. The highest BCUT2D eigenvalue weighted by Crippen LogP contribution is 2.19. The van der Waals surface area contributed by atoms with Gasteiger partial charge in [-0.2, -0.15) is 8.70 Å². The molecular formula is C22H30FN5O5S2. The quantitative estimate of drug-likeness (QED) is 0.333. The van der Waals surface area contributed by atoms with Crippen molar-refractivity contribution in [3.8, 4) is 0 Å². The molecule has 1 atom stereocenters. The smallest absolute Gasteiger partial charge is 0.280 e. The van der Waals surface area contributed by atoms with E-state index in [-0.39, 0.29) is 21.8 Å². The lowest BCUT2D eigenvalue weighted by molar-refractivity contribution is -0.110. The van der Waals surface area contributed by atoms with Gasteiger partial charge >= 0.3 is 0 Å². The average molecular weight is 528 g/mol. The Bertz CT molecular complexity index is 1110. The second kappa shape index (κ2) is 12.5. The fourth-order valence-electron chi connectivity index (χ4n) is 3.32. The third kappa shape index (κ3) is 7.27. The molecule has 0 bridgehead atoms. The SMILES string of the molecule is CCN(CC)CCN(C)S(=O)(=O)c1ccc(/C(=N\O[C@@H]2CCOC2)C(=O)Nc2ncc(F)s2)cc1. The maximum atomic E-state index is 13.3. The first kappa shape index (κ1) is 27.1. The Morgan fingerprint density at radius 2 is 2.00 bits per heavy atom. The Labute approximate surface area is 208 Å². The number of rotatable bonds is 12. The molecule has 192 valence electrons. The predicted octanol–water partition coefficient (Wildman–Crippen LogP) is 2.39. The molecule has 1 aromatic heterocycles. The molecule has 1 saturated heterocycles. The summed E-state index contributed by atoms with van der Waals surface area (Å²) >= 11 is 0.677. The van der Waals surface area contributed by atoms with Crippen LogP contribution in [0.25, 0.3) is 0 Å². The zero-order valence-electron chi connectivity index (χ0n) is 19.9. The molecule has 1 aliphatic rings. The maximum Gasteiger partial charge on any atom is 0.280 e. The fourth-order valence-corrected chi connectivity index (χ4v) is 5.03. The van der Waals surface area contributed by atoms with Crippen LogP contribution in [0, 0.1) is 5.13 Å². The molecule has 0 unspecified atom stereocenters. The molecule has 1 aliphatic heterocycles. The van der Waals surface area contributed by atoms with Gasteiger partial charge in [0.25, 0.3) is 5.91 Å². The number of ether oxygens (including phenoxy) is 1. The highest BCUT2D eigenvalue weighted by molar-refractivity contribution is 7.89. The number of carbonyl (C=O) groups is 1. The summed E-state index contributed by atoms with van der Waals surface area (Å²) in [4.78, 5) is 24.4. The van der Waals surface area contributed by atoms with Crippen molar-refractivity contribution in [2.24, 2.45) is 5.16 Å². The molecule has 0 spiro atoms. The van der Waals surface area contributed by atoms with Gasteiger partial charge in [-0.25, -0.2) is 13.4 Å². The number of anilines is 1. The standard InChI is InChI=1S/C22H30FN5O5S2/c1-4-28(5-2)12-11-27(3)35(30,31)18-8-6-16(7-9-18)20(26-33-17-10-13-32-15-17)21(29)25-22-24-14-19(23)34-22/h6-9,14,17H,4-5,10-13,15H2,1-3H3,(H,24,25,29)/b26-20+/t17-/m1/s1. The van der Waals surface area contributed by atoms with E-state index < -0.39 is 21.1 Å². The van der Waals surface area contributed by atoms with Crippen molar-refractivity contribution < 1.29 is 27.2 Å². The first-order valence-corrected chi connectivity index (χ1v) is 13.5. The topological polar surface area (TPSA) is 113 Å². The van der Waals surface area contributed by atoms with E-state index in [1.54, 1.807) is 0 Å². The number of sulfonamides is 1. The summed E-state index contributed by atoms with van der Waals surface area (Å²) in [7, 11) is -2.18. The average Bonchev–Trinajstić information content (AvgIpc) is 3.51. The monoisotopic (exact) mass is 527 g/mol. The van der Waals surface area contributed by atoms with Crippen molar-refractivity contribution >= 4 is 38.1 Å². The number of amides is 1. The lowest BCUT2D eigenvalue weighted by Crippen LogP contribution is -2.36. The van der Waals surface area contributed by atoms with E-state index in [1.807, 2.05) is 13.8 Å². The van der Waals surface area contributed by atoms with Crippen molar-refractivity contribution in [3.05, 3.63) is 41.2 Å². The van der Waals surface area contributed by atoms with Crippen LogP contribution in [0.15, 0.2) is 40.5 Å². The van der Waals surface area contributed by atoms with Crippen LogP contribution in [-0.2, 0) is 24.4 Å². The lowest BCUT2D eigenvalue weighted by atomic mass is 10.1. The van der Waals surface area contributed by atoms with Crippen molar-refractivity contribution in [3.63, 3.8) is 0 Å². The van der Waals surface area contributed by atoms with Gasteiger partial charge in [-0.3, -0.25) is 10.1 Å². The van der Waals surface area contributed by atoms with Gasteiger partial charge in [0, 0.05) is 32.1 Å². The molecule has 0 radical (unpaired) electrons. The molecule has 1 amide bonds. The molecule has 3 rings (SSSR count). The number of nitrogens with zero attached hydrogens (tertiary/aromatic N) is 4. The van der Waals surface area contributed by atoms with Gasteiger partial charge in [0.1, 0.15) is 0 Å². The number of oxime groups is 1. The Morgan fingerprint density at radius 1 is 1.29 bits per heavy atom. The molecule has 1 fully saturated rings. The number of nitrogens with one attached hydrogen (secondary N) is 1. The summed E-state index contributed by atoms with van der Waals surface area (Å²) in [6, 6.07) is 5.81. The Hall–Kier alpha value is -2.45. The highest BCUT2D eigenvalue weighted by Gasteiger charge is 2.24. The normalized spacial score (nSPS) is 16.7. The second-order valence-electron chi connectivity index (χ2n) is 7.83. The minimum absolute atomic E-state index is 0.0680. The van der Waals surface area contributed by atoms with Crippen LogP contribution in [0.1, 0.15) is 25.8 Å². The number of hydrogen-bond donors (Lipinski definition) is 1. The van der Waals surface area contributed by atoms with Gasteiger partial charge < -0.3 is 14.5 Å². The minimum Gasteiger partial charge on any atom is -0.389 e. The van der Waals surface area contributed by atoms with Crippen LogP contribution in [0.5, 0.6) is 0 Å². The van der Waals surface area contributed by atoms with E-state index in [0.717, 1.165) is 19.3 Å². The number of benzene rings is 1. The summed E-state index contributed by atoms with van der Waals surface area (Å²) in [6.45, 7) is 7.60. The van der Waals surface area contributed by atoms with E-state index in [4.69, 9.17) is 9.57 Å². The molecule has 2 aromatic rings. The summed E-state index contributed by atoms with van der Waals surface area (Å²) < 4.78 is 45.8. The summed E-state index contributed by atoms with van der Waals surface area (Å²) in [6.07, 6.45) is 1.33. The Kier molecular flexibility index (Phi) is 9.69. The third-order valence-electron chi connectivity index (χ3n) is 5.56. The van der Waals surface area contributed by atoms with Crippen LogP contribution in [0.3, 0.4) is 0 Å². The van der Waals surface area contributed by atoms with Gasteiger partial charge in [0.05, 0.1) is 24.3 Å². The molecule has 0 aliphatic carbocycles. The fraction of sp³-hybridized carbons (Fsp3) is 0.500. The van der Waals surface area contributed by atoms with E-state index in [1.165, 1.54) is 35.6 Å². The summed E-state index contributed by atoms with van der Waals surface area (Å²) in [5, 5.41) is 6.03. The van der Waals surface area contributed by atoms with Crippen LogP contribution < -0.4 is 5.32 Å².